The summed E-state index contributed by atoms with van der Waals surface area (Å²) >= 11 is 6.03. The zero-order chi connectivity index (χ0) is 13.3. The fraction of sp³-hybridized carbons (Fsp3) is 0.357. The molecule has 18 heavy (non-hydrogen) atoms. The number of halogens is 1. The number of rotatable bonds is 4. The number of likely N-dealkylation sites (N-methyl/N-ethyl adjacent to an activating group) is 1. The molecule has 1 aromatic heterocycles. The first kappa shape index (κ1) is 13.1. The van der Waals surface area contributed by atoms with Gasteiger partial charge in [0.2, 0.25) is 0 Å². The second-order valence-electron chi connectivity index (χ2n) is 4.38. The fourth-order valence-corrected chi connectivity index (χ4v) is 2.40. The average Bonchev–Trinajstić information content (AvgIpc) is 2.59. The summed E-state index contributed by atoms with van der Waals surface area (Å²) in [6.07, 6.45) is 0. The van der Waals surface area contributed by atoms with E-state index in [0.717, 1.165) is 28.7 Å². The molecule has 0 aliphatic rings. The summed E-state index contributed by atoms with van der Waals surface area (Å²) in [5.41, 5.74) is 2.79. The summed E-state index contributed by atoms with van der Waals surface area (Å²) < 4.78 is 2.03. The molecule has 0 bridgehead atoms. The van der Waals surface area contributed by atoms with Crippen LogP contribution in [0.5, 0.6) is 0 Å². The van der Waals surface area contributed by atoms with E-state index in [0.29, 0.717) is 11.6 Å². The summed E-state index contributed by atoms with van der Waals surface area (Å²) in [7, 11) is 1.97. The summed E-state index contributed by atoms with van der Waals surface area (Å²) in [5.74, 6) is 0.113. The van der Waals surface area contributed by atoms with E-state index in [2.05, 4.69) is 5.32 Å². The third-order valence-electron chi connectivity index (χ3n) is 3.27. The lowest BCUT2D eigenvalue weighted by molar-refractivity contribution is 0.0992. The molecule has 1 heterocycles. The quantitative estimate of drug-likeness (QED) is 0.862. The predicted molar refractivity (Wildman–Crippen MR) is 75.5 cm³/mol. The van der Waals surface area contributed by atoms with E-state index in [1.165, 1.54) is 0 Å². The van der Waals surface area contributed by atoms with Crippen molar-refractivity contribution in [2.45, 2.75) is 13.8 Å². The Balaban J connectivity index is 2.58. The number of benzene rings is 1. The van der Waals surface area contributed by atoms with Gasteiger partial charge in [-0.15, -0.1) is 0 Å². The van der Waals surface area contributed by atoms with E-state index in [1.54, 1.807) is 0 Å². The Labute approximate surface area is 112 Å². The zero-order valence-electron chi connectivity index (χ0n) is 10.9. The van der Waals surface area contributed by atoms with Gasteiger partial charge in [-0.3, -0.25) is 4.79 Å². The highest BCUT2D eigenvalue weighted by Gasteiger charge is 2.18. The number of hydrogen-bond acceptors (Lipinski definition) is 2. The molecule has 0 aliphatic heterocycles. The smallest absolute Gasteiger partial charge is 0.179 e. The lowest BCUT2D eigenvalue weighted by Gasteiger charge is -2.02. The first-order valence-corrected chi connectivity index (χ1v) is 6.42. The van der Waals surface area contributed by atoms with Crippen molar-refractivity contribution in [3.05, 3.63) is 34.5 Å². The molecule has 3 nitrogen and oxygen atoms in total. The summed E-state index contributed by atoms with van der Waals surface area (Å²) in [4.78, 5) is 12.2. The summed E-state index contributed by atoms with van der Waals surface area (Å²) in [5, 5.41) is 4.66. The number of carbonyl (C=O) groups is 1. The molecular weight excluding hydrogens is 248 g/mol. The molecule has 1 N–H and O–H groups in total. The van der Waals surface area contributed by atoms with Crippen molar-refractivity contribution in [2.24, 2.45) is 7.05 Å². The maximum atomic E-state index is 12.2. The lowest BCUT2D eigenvalue weighted by atomic mass is 10.1. The van der Waals surface area contributed by atoms with Gasteiger partial charge < -0.3 is 9.88 Å². The maximum absolute atomic E-state index is 12.2. The first-order valence-electron chi connectivity index (χ1n) is 6.04. The number of fused-ring (bicyclic) bond motifs is 1. The third kappa shape index (κ3) is 2.16. The van der Waals surface area contributed by atoms with E-state index >= 15 is 0 Å². The Morgan fingerprint density at radius 2 is 2.17 bits per heavy atom. The topological polar surface area (TPSA) is 34.0 Å². The standard InChI is InChI=1S/C14H17ClN2O/c1-4-16-8-13(18)14-9(2)17(3)12-6-5-10(15)7-11(12)14/h5-7,16H,4,8H2,1-3H3. The molecule has 96 valence electrons. The van der Waals surface area contributed by atoms with Crippen LogP contribution in [0, 0.1) is 6.92 Å². The molecule has 1 aromatic carbocycles. The van der Waals surface area contributed by atoms with Crippen LogP contribution in [0.25, 0.3) is 10.9 Å². The third-order valence-corrected chi connectivity index (χ3v) is 3.50. The van der Waals surface area contributed by atoms with Crippen LogP contribution in [0.15, 0.2) is 18.2 Å². The van der Waals surface area contributed by atoms with Crippen LogP contribution in [-0.2, 0) is 7.05 Å². The van der Waals surface area contributed by atoms with Gasteiger partial charge in [-0.1, -0.05) is 18.5 Å². The van der Waals surface area contributed by atoms with Crippen LogP contribution in [-0.4, -0.2) is 23.4 Å². The number of nitrogens with one attached hydrogen (secondary N) is 1. The van der Waals surface area contributed by atoms with Gasteiger partial charge in [0.25, 0.3) is 0 Å². The molecule has 0 atom stereocenters. The van der Waals surface area contributed by atoms with Crippen molar-refractivity contribution in [2.75, 3.05) is 13.1 Å². The fourth-order valence-electron chi connectivity index (χ4n) is 2.22. The molecule has 2 aromatic rings. The minimum atomic E-state index is 0.113. The highest BCUT2D eigenvalue weighted by atomic mass is 35.5. The largest absolute Gasteiger partial charge is 0.347 e. The molecule has 0 saturated heterocycles. The number of carbonyl (C=O) groups excluding carboxylic acids is 1. The number of hydrogen-bond donors (Lipinski definition) is 1. The van der Waals surface area contributed by atoms with Gasteiger partial charge in [0.05, 0.1) is 6.54 Å². The van der Waals surface area contributed by atoms with E-state index < -0.39 is 0 Å². The molecule has 0 amide bonds. The molecule has 0 aliphatic carbocycles. The van der Waals surface area contributed by atoms with Crippen LogP contribution >= 0.6 is 11.6 Å². The Hall–Kier alpha value is -1.32. The van der Waals surface area contributed by atoms with Crippen molar-refractivity contribution in [1.29, 1.82) is 0 Å². The van der Waals surface area contributed by atoms with Gasteiger partial charge >= 0.3 is 0 Å². The molecule has 0 radical (unpaired) electrons. The SMILES string of the molecule is CCNCC(=O)c1c(C)n(C)c2ccc(Cl)cc12. The Bertz CT molecular complexity index is 601. The van der Waals surface area contributed by atoms with Crippen LogP contribution in [0.2, 0.25) is 5.02 Å². The number of Topliss-reactive ketones (excluding diaryl/α,β-unsaturated/α-hetero) is 1. The van der Waals surface area contributed by atoms with Crippen molar-refractivity contribution < 1.29 is 4.79 Å². The molecule has 0 saturated carbocycles. The number of ketones is 1. The minimum Gasteiger partial charge on any atom is -0.347 e. The number of aromatic nitrogens is 1. The van der Waals surface area contributed by atoms with Crippen molar-refractivity contribution in [3.63, 3.8) is 0 Å². The summed E-state index contributed by atoms with van der Waals surface area (Å²) in [6, 6.07) is 5.67. The van der Waals surface area contributed by atoms with Gasteiger partial charge in [0.1, 0.15) is 0 Å². The zero-order valence-corrected chi connectivity index (χ0v) is 11.6. The molecule has 0 spiro atoms. The normalized spacial score (nSPS) is 11.1. The van der Waals surface area contributed by atoms with Gasteiger partial charge in [0, 0.05) is 34.2 Å². The van der Waals surface area contributed by atoms with Gasteiger partial charge in [-0.05, 0) is 31.7 Å². The van der Waals surface area contributed by atoms with Crippen LogP contribution in [0.3, 0.4) is 0 Å². The van der Waals surface area contributed by atoms with Crippen molar-refractivity contribution in [1.82, 2.24) is 9.88 Å². The highest BCUT2D eigenvalue weighted by Crippen LogP contribution is 2.27. The maximum Gasteiger partial charge on any atom is 0.179 e. The van der Waals surface area contributed by atoms with Gasteiger partial charge in [0.15, 0.2) is 5.78 Å². The lowest BCUT2D eigenvalue weighted by Crippen LogP contribution is -2.23. The Kier molecular flexibility index (Phi) is 3.73. The molecule has 0 unspecified atom stereocenters. The van der Waals surface area contributed by atoms with E-state index in [1.807, 2.05) is 43.7 Å². The molecular formula is C14H17ClN2O. The van der Waals surface area contributed by atoms with Crippen molar-refractivity contribution in [3.8, 4) is 0 Å². The highest BCUT2D eigenvalue weighted by molar-refractivity contribution is 6.31. The van der Waals surface area contributed by atoms with E-state index in [4.69, 9.17) is 11.6 Å². The van der Waals surface area contributed by atoms with Crippen LogP contribution < -0.4 is 5.32 Å². The van der Waals surface area contributed by atoms with E-state index in [9.17, 15) is 4.79 Å². The van der Waals surface area contributed by atoms with Gasteiger partial charge in [-0.25, -0.2) is 0 Å². The predicted octanol–water partition coefficient (Wildman–Crippen LogP) is 2.93. The minimum absolute atomic E-state index is 0.113. The van der Waals surface area contributed by atoms with Crippen LogP contribution in [0.1, 0.15) is 23.0 Å². The Morgan fingerprint density at radius 3 is 2.83 bits per heavy atom. The number of aryl methyl sites for hydroxylation is 1. The first-order chi connectivity index (χ1) is 8.56. The monoisotopic (exact) mass is 264 g/mol. The number of nitrogens with zero attached hydrogens (tertiary/aromatic N) is 1. The molecule has 4 heteroatoms. The van der Waals surface area contributed by atoms with Crippen molar-refractivity contribution >= 4 is 28.3 Å². The van der Waals surface area contributed by atoms with Gasteiger partial charge in [-0.2, -0.15) is 0 Å². The molecule has 0 fully saturated rings. The average molecular weight is 265 g/mol. The Morgan fingerprint density at radius 1 is 1.44 bits per heavy atom. The van der Waals surface area contributed by atoms with Crippen LogP contribution in [0.4, 0.5) is 0 Å². The molecule has 2 rings (SSSR count). The second-order valence-corrected chi connectivity index (χ2v) is 4.82. The van der Waals surface area contributed by atoms with E-state index in [-0.39, 0.29) is 5.78 Å². The summed E-state index contributed by atoms with van der Waals surface area (Å²) in [6.45, 7) is 5.10. The second kappa shape index (κ2) is 5.12.